The Morgan fingerprint density at radius 1 is 0.372 bits per heavy atom. The van der Waals surface area contributed by atoms with E-state index >= 15 is 0 Å². The summed E-state index contributed by atoms with van der Waals surface area (Å²) in [6.07, 6.45) is 0. The Balaban J connectivity index is 1.42. The second-order valence-corrected chi connectivity index (χ2v) is 12.5. The highest BCUT2D eigenvalue weighted by molar-refractivity contribution is 6.28. The number of hydrogen-bond donors (Lipinski definition) is 0. The van der Waals surface area contributed by atoms with Crippen LogP contribution in [0.2, 0.25) is 0 Å². The van der Waals surface area contributed by atoms with Crippen LogP contribution in [0.3, 0.4) is 0 Å². The minimum Gasteiger partial charge on any atom is -0.0619 e. The molecule has 0 aliphatic heterocycles. The summed E-state index contributed by atoms with van der Waals surface area (Å²) in [4.78, 5) is 0. The average molecular weight is 547 g/mol. The molecule has 0 atom stereocenters. The van der Waals surface area contributed by atoms with Crippen LogP contribution in [0.5, 0.6) is 0 Å². The van der Waals surface area contributed by atoms with Crippen molar-refractivity contribution in [3.05, 3.63) is 157 Å². The van der Waals surface area contributed by atoms with Gasteiger partial charge in [0, 0.05) is 5.41 Å². The van der Waals surface area contributed by atoms with E-state index in [-0.39, 0.29) is 5.41 Å². The molecular formula is C43H30. The van der Waals surface area contributed by atoms with E-state index in [0.29, 0.717) is 0 Å². The predicted molar refractivity (Wildman–Crippen MR) is 185 cm³/mol. The molecular weight excluding hydrogens is 516 g/mol. The molecule has 8 aromatic rings. The Kier molecular flexibility index (Phi) is 5.05. The van der Waals surface area contributed by atoms with Gasteiger partial charge in [0.05, 0.1) is 0 Å². The summed E-state index contributed by atoms with van der Waals surface area (Å²) in [5.74, 6) is 0. The molecule has 0 spiro atoms. The lowest BCUT2D eigenvalue weighted by molar-refractivity contribution is 0.660. The zero-order valence-corrected chi connectivity index (χ0v) is 24.4. The molecule has 8 aromatic carbocycles. The molecule has 0 fully saturated rings. The zero-order chi connectivity index (χ0) is 28.7. The molecule has 1 aliphatic carbocycles. The molecule has 0 radical (unpaired) electrons. The van der Waals surface area contributed by atoms with Crippen molar-refractivity contribution in [3.8, 4) is 33.4 Å². The fourth-order valence-electron chi connectivity index (χ4n) is 7.76. The van der Waals surface area contributed by atoms with Crippen LogP contribution in [0.15, 0.2) is 146 Å². The fourth-order valence-corrected chi connectivity index (χ4v) is 7.76. The van der Waals surface area contributed by atoms with Gasteiger partial charge in [-0.1, -0.05) is 147 Å². The third kappa shape index (κ3) is 3.44. The molecule has 0 heteroatoms. The first-order valence-electron chi connectivity index (χ1n) is 15.2. The second kappa shape index (κ2) is 8.90. The van der Waals surface area contributed by atoms with Crippen LogP contribution in [-0.2, 0) is 5.41 Å². The molecule has 9 rings (SSSR count). The van der Waals surface area contributed by atoms with Gasteiger partial charge in [-0.25, -0.2) is 0 Å². The van der Waals surface area contributed by atoms with Gasteiger partial charge in [-0.05, 0) is 99.7 Å². The summed E-state index contributed by atoms with van der Waals surface area (Å²) in [5, 5.41) is 10.3. The van der Waals surface area contributed by atoms with Crippen LogP contribution >= 0.6 is 0 Å². The summed E-state index contributed by atoms with van der Waals surface area (Å²) in [7, 11) is 0. The monoisotopic (exact) mass is 546 g/mol. The van der Waals surface area contributed by atoms with Crippen molar-refractivity contribution in [2.75, 3.05) is 0 Å². The van der Waals surface area contributed by atoms with E-state index in [1.165, 1.54) is 87.6 Å². The molecule has 43 heavy (non-hydrogen) atoms. The van der Waals surface area contributed by atoms with E-state index in [2.05, 4.69) is 159 Å². The minimum absolute atomic E-state index is 0.0503. The average Bonchev–Trinajstić information content (AvgIpc) is 3.29. The van der Waals surface area contributed by atoms with E-state index in [4.69, 9.17) is 0 Å². The Labute approximate surface area is 251 Å². The Hall–Kier alpha value is -5.20. The summed E-state index contributed by atoms with van der Waals surface area (Å²) < 4.78 is 0. The first-order chi connectivity index (χ1) is 21.1. The van der Waals surface area contributed by atoms with E-state index in [1.54, 1.807) is 0 Å². The summed E-state index contributed by atoms with van der Waals surface area (Å²) in [6.45, 7) is 4.74. The number of hydrogen-bond acceptors (Lipinski definition) is 0. The van der Waals surface area contributed by atoms with Crippen molar-refractivity contribution in [1.29, 1.82) is 0 Å². The second-order valence-electron chi connectivity index (χ2n) is 12.5. The van der Waals surface area contributed by atoms with E-state index in [1.807, 2.05) is 0 Å². The highest BCUT2D eigenvalue weighted by atomic mass is 14.4. The molecule has 202 valence electrons. The molecule has 0 amide bonds. The molecule has 0 aromatic heterocycles. The van der Waals surface area contributed by atoms with Crippen molar-refractivity contribution < 1.29 is 0 Å². The Morgan fingerprint density at radius 3 is 1.79 bits per heavy atom. The van der Waals surface area contributed by atoms with Crippen molar-refractivity contribution in [3.63, 3.8) is 0 Å². The standard InChI is InChI=1S/C43H30/c1-43(2)38-18-10-9-15-33(38)34-23-22-31(26-39(34)43)40-35-16-7-8-17-36(35)41(30-20-19-27-11-3-4-13-29(27)25-30)42-32-14-6-5-12-28(32)21-24-37(40)42/h3-26H,1-2H3. The van der Waals surface area contributed by atoms with Gasteiger partial charge >= 0.3 is 0 Å². The summed E-state index contributed by atoms with van der Waals surface area (Å²) >= 11 is 0. The molecule has 1 aliphatic rings. The van der Waals surface area contributed by atoms with Crippen molar-refractivity contribution in [1.82, 2.24) is 0 Å². The number of fused-ring (bicyclic) bond motifs is 8. The first-order valence-corrected chi connectivity index (χ1v) is 15.2. The number of rotatable bonds is 2. The van der Waals surface area contributed by atoms with Crippen LogP contribution in [0.25, 0.3) is 76.5 Å². The van der Waals surface area contributed by atoms with Gasteiger partial charge in [0.1, 0.15) is 0 Å². The van der Waals surface area contributed by atoms with Crippen molar-refractivity contribution in [2.24, 2.45) is 0 Å². The Bertz CT molecular complexity index is 2420. The zero-order valence-electron chi connectivity index (χ0n) is 24.4. The van der Waals surface area contributed by atoms with Crippen LogP contribution in [0.1, 0.15) is 25.0 Å². The third-order valence-electron chi connectivity index (χ3n) is 9.82. The van der Waals surface area contributed by atoms with E-state index in [9.17, 15) is 0 Å². The highest BCUT2D eigenvalue weighted by Gasteiger charge is 2.35. The number of benzene rings is 8. The maximum absolute atomic E-state index is 2.47. The fraction of sp³-hybridized carbons (Fsp3) is 0.0698. The van der Waals surface area contributed by atoms with E-state index < -0.39 is 0 Å². The lowest BCUT2D eigenvalue weighted by Gasteiger charge is -2.23. The first kappa shape index (κ1) is 24.4. The smallest absolute Gasteiger partial charge is 0.0159 e. The topological polar surface area (TPSA) is 0 Å². The van der Waals surface area contributed by atoms with E-state index in [0.717, 1.165) is 0 Å². The normalized spacial score (nSPS) is 13.5. The predicted octanol–water partition coefficient (Wildman–Crippen LogP) is 11.9. The molecule has 0 unspecified atom stereocenters. The van der Waals surface area contributed by atoms with Crippen molar-refractivity contribution >= 4 is 43.1 Å². The summed E-state index contributed by atoms with van der Waals surface area (Å²) in [6, 6.07) is 54.2. The van der Waals surface area contributed by atoms with Gasteiger partial charge in [0.25, 0.3) is 0 Å². The molecule has 0 N–H and O–H groups in total. The van der Waals surface area contributed by atoms with Gasteiger partial charge in [-0.2, -0.15) is 0 Å². The molecule has 0 nitrogen and oxygen atoms in total. The molecule has 0 saturated heterocycles. The van der Waals surface area contributed by atoms with Crippen LogP contribution < -0.4 is 0 Å². The van der Waals surface area contributed by atoms with Gasteiger partial charge in [0.15, 0.2) is 0 Å². The van der Waals surface area contributed by atoms with Crippen LogP contribution in [0.4, 0.5) is 0 Å². The minimum atomic E-state index is -0.0503. The molecule has 0 heterocycles. The highest BCUT2D eigenvalue weighted by Crippen LogP contribution is 2.52. The largest absolute Gasteiger partial charge is 0.0619 e. The SMILES string of the molecule is CC1(C)c2ccccc2-c2ccc(-c3c4ccccc4c(-c4ccc5ccccc5c4)c4c3ccc3ccccc34)cc21. The maximum atomic E-state index is 2.47. The maximum Gasteiger partial charge on any atom is 0.0159 e. The Morgan fingerprint density at radius 2 is 0.953 bits per heavy atom. The third-order valence-corrected chi connectivity index (χ3v) is 9.82. The van der Waals surface area contributed by atoms with Crippen LogP contribution in [0, 0.1) is 0 Å². The van der Waals surface area contributed by atoms with Crippen molar-refractivity contribution in [2.45, 2.75) is 19.3 Å². The molecule has 0 bridgehead atoms. The summed E-state index contributed by atoms with van der Waals surface area (Å²) in [5.41, 5.74) is 10.6. The van der Waals surface area contributed by atoms with Gasteiger partial charge in [0.2, 0.25) is 0 Å². The van der Waals surface area contributed by atoms with Gasteiger partial charge in [-0.3, -0.25) is 0 Å². The van der Waals surface area contributed by atoms with Gasteiger partial charge in [-0.15, -0.1) is 0 Å². The lowest BCUT2D eigenvalue weighted by Crippen LogP contribution is -2.14. The van der Waals surface area contributed by atoms with Crippen LogP contribution in [-0.4, -0.2) is 0 Å². The lowest BCUT2D eigenvalue weighted by atomic mass is 9.80. The van der Waals surface area contributed by atoms with Gasteiger partial charge < -0.3 is 0 Å². The molecule has 0 saturated carbocycles. The quantitative estimate of drug-likeness (QED) is 0.149.